The third kappa shape index (κ3) is 9.24. The lowest BCUT2D eigenvalue weighted by Crippen LogP contribution is -2.33. The van der Waals surface area contributed by atoms with Crippen LogP contribution in [-0.2, 0) is 9.53 Å². The van der Waals surface area contributed by atoms with Crippen LogP contribution in [0.3, 0.4) is 0 Å². The third-order valence-corrected chi connectivity index (χ3v) is 7.66. The van der Waals surface area contributed by atoms with E-state index in [9.17, 15) is 4.79 Å². The van der Waals surface area contributed by atoms with Gasteiger partial charge in [-0.1, -0.05) is 91.9 Å². The lowest BCUT2D eigenvalue weighted by molar-refractivity contribution is -0.149. The number of hydrogen-bond acceptors (Lipinski definition) is 2. The zero-order valence-corrected chi connectivity index (χ0v) is 19.3. The number of hydrogen-bond donors (Lipinski definition) is 0. The highest BCUT2D eigenvalue weighted by Crippen LogP contribution is 2.42. The first kappa shape index (κ1) is 23.7. The van der Waals surface area contributed by atoms with Gasteiger partial charge in [0, 0.05) is 10.2 Å². The van der Waals surface area contributed by atoms with Crippen molar-refractivity contribution in [3.05, 3.63) is 0 Å². The molecule has 0 aliphatic heterocycles. The number of unbranched alkanes of at least 4 members (excludes halogenated alkanes) is 8. The standard InChI is InChI=1S/C21H44O2Si/c1-5-9-11-13-15-17-19(7-3)21(24,8-4)20(22)23-18-16-14-12-10-6-2/h19H,5-18H2,1-4,24H3. The monoisotopic (exact) mass is 356 g/mol. The van der Waals surface area contributed by atoms with E-state index in [0.29, 0.717) is 12.5 Å². The molecule has 0 spiro atoms. The van der Waals surface area contributed by atoms with E-state index in [1.165, 1.54) is 64.2 Å². The summed E-state index contributed by atoms with van der Waals surface area (Å²) in [6.07, 6.45) is 15.9. The zero-order valence-electron chi connectivity index (χ0n) is 17.3. The molecular weight excluding hydrogens is 312 g/mol. The molecule has 0 heterocycles. The third-order valence-electron chi connectivity index (χ3n) is 5.73. The average Bonchev–Trinajstić information content (AvgIpc) is 2.60. The predicted octanol–water partition coefficient (Wildman–Crippen LogP) is 5.82. The van der Waals surface area contributed by atoms with Crippen molar-refractivity contribution in [2.75, 3.05) is 6.61 Å². The number of esters is 1. The van der Waals surface area contributed by atoms with E-state index in [0.717, 1.165) is 29.5 Å². The molecule has 0 aromatic heterocycles. The van der Waals surface area contributed by atoms with Gasteiger partial charge >= 0.3 is 5.97 Å². The topological polar surface area (TPSA) is 26.3 Å². The normalized spacial score (nSPS) is 15.2. The first-order chi connectivity index (χ1) is 11.6. The Bertz CT molecular complexity index is 306. The Labute approximate surface area is 154 Å². The van der Waals surface area contributed by atoms with Gasteiger partial charge in [-0.15, -0.1) is 0 Å². The minimum atomic E-state index is -0.164. The Morgan fingerprint density at radius 1 is 0.875 bits per heavy atom. The first-order valence-corrected chi connectivity index (χ1v) is 11.7. The van der Waals surface area contributed by atoms with Crippen molar-refractivity contribution >= 4 is 16.2 Å². The molecule has 0 aromatic carbocycles. The van der Waals surface area contributed by atoms with Crippen LogP contribution in [0.4, 0.5) is 0 Å². The van der Waals surface area contributed by atoms with Gasteiger partial charge in [0.25, 0.3) is 0 Å². The summed E-state index contributed by atoms with van der Waals surface area (Å²) in [7, 11) is 0.911. The van der Waals surface area contributed by atoms with Gasteiger partial charge in [-0.05, 0) is 25.2 Å². The Hall–Kier alpha value is -0.313. The molecule has 2 unspecified atom stereocenters. The fraction of sp³-hybridized carbons (Fsp3) is 0.952. The van der Waals surface area contributed by atoms with Crippen molar-refractivity contribution in [1.29, 1.82) is 0 Å². The summed E-state index contributed by atoms with van der Waals surface area (Å²) in [5.74, 6) is 0.621. The molecule has 0 radical (unpaired) electrons. The van der Waals surface area contributed by atoms with E-state index in [-0.39, 0.29) is 11.0 Å². The number of carbonyl (C=O) groups excluding carboxylic acids is 1. The highest BCUT2D eigenvalue weighted by molar-refractivity contribution is 6.27. The zero-order chi connectivity index (χ0) is 18.3. The quantitative estimate of drug-likeness (QED) is 0.198. The second-order valence-electron chi connectivity index (χ2n) is 7.63. The van der Waals surface area contributed by atoms with E-state index >= 15 is 0 Å². The predicted molar refractivity (Wildman–Crippen MR) is 110 cm³/mol. The van der Waals surface area contributed by atoms with E-state index in [1.54, 1.807) is 0 Å². The SMILES string of the molecule is CCCCCCCOC(=O)C([SiH3])(CC)C(CC)CCCCCCC. The molecule has 24 heavy (non-hydrogen) atoms. The van der Waals surface area contributed by atoms with Gasteiger partial charge in [0.1, 0.15) is 0 Å². The summed E-state index contributed by atoms with van der Waals surface area (Å²) in [6, 6.07) is 0. The molecule has 0 amide bonds. The summed E-state index contributed by atoms with van der Waals surface area (Å²) in [5, 5.41) is -0.164. The van der Waals surface area contributed by atoms with Gasteiger partial charge in [0.05, 0.1) is 11.6 Å². The minimum absolute atomic E-state index is 0.104. The molecule has 0 aliphatic rings. The molecule has 144 valence electrons. The first-order valence-electron chi connectivity index (χ1n) is 10.7. The summed E-state index contributed by atoms with van der Waals surface area (Å²) in [4.78, 5) is 12.7. The summed E-state index contributed by atoms with van der Waals surface area (Å²) in [5.41, 5.74) is 0. The van der Waals surface area contributed by atoms with Crippen LogP contribution in [-0.4, -0.2) is 22.8 Å². The molecule has 0 N–H and O–H groups in total. The summed E-state index contributed by atoms with van der Waals surface area (Å²) in [6.45, 7) is 9.53. The van der Waals surface area contributed by atoms with Crippen molar-refractivity contribution in [3.63, 3.8) is 0 Å². The fourth-order valence-electron chi connectivity index (χ4n) is 3.60. The molecule has 0 saturated carbocycles. The van der Waals surface area contributed by atoms with E-state index < -0.39 is 0 Å². The van der Waals surface area contributed by atoms with E-state index in [1.807, 2.05) is 0 Å². The molecule has 0 bridgehead atoms. The van der Waals surface area contributed by atoms with Gasteiger partial charge in [-0.2, -0.15) is 0 Å². The van der Waals surface area contributed by atoms with Gasteiger partial charge in [0.15, 0.2) is 0 Å². The Morgan fingerprint density at radius 2 is 1.42 bits per heavy atom. The van der Waals surface area contributed by atoms with Gasteiger partial charge in [-0.3, -0.25) is 4.79 Å². The van der Waals surface area contributed by atoms with Crippen LogP contribution in [0.1, 0.15) is 111 Å². The largest absolute Gasteiger partial charge is 0.466 e. The number of carbonyl (C=O) groups is 1. The minimum Gasteiger partial charge on any atom is -0.466 e. The lowest BCUT2D eigenvalue weighted by Gasteiger charge is -2.34. The van der Waals surface area contributed by atoms with Crippen LogP contribution in [0.5, 0.6) is 0 Å². The maximum atomic E-state index is 12.7. The molecule has 0 fully saturated rings. The van der Waals surface area contributed by atoms with Crippen molar-refractivity contribution < 1.29 is 9.53 Å². The number of ether oxygens (including phenoxy) is 1. The van der Waals surface area contributed by atoms with E-state index in [2.05, 4.69) is 27.7 Å². The van der Waals surface area contributed by atoms with Gasteiger partial charge in [-0.25, -0.2) is 0 Å². The smallest absolute Gasteiger partial charge is 0.308 e. The molecule has 0 saturated heterocycles. The van der Waals surface area contributed by atoms with Crippen LogP contribution in [0.2, 0.25) is 5.04 Å². The van der Waals surface area contributed by atoms with Gasteiger partial charge < -0.3 is 4.74 Å². The molecule has 3 heteroatoms. The Kier molecular flexibility index (Phi) is 14.8. The van der Waals surface area contributed by atoms with Crippen molar-refractivity contribution in [2.45, 2.75) is 116 Å². The summed E-state index contributed by atoms with van der Waals surface area (Å²) < 4.78 is 5.70. The van der Waals surface area contributed by atoms with Crippen molar-refractivity contribution in [2.24, 2.45) is 5.92 Å². The van der Waals surface area contributed by atoms with Crippen LogP contribution in [0.25, 0.3) is 0 Å². The Balaban J connectivity index is 4.29. The maximum Gasteiger partial charge on any atom is 0.308 e. The van der Waals surface area contributed by atoms with Crippen molar-refractivity contribution in [3.8, 4) is 0 Å². The molecule has 0 aliphatic carbocycles. The Morgan fingerprint density at radius 3 is 1.92 bits per heavy atom. The summed E-state index contributed by atoms with van der Waals surface area (Å²) >= 11 is 0. The molecule has 2 atom stereocenters. The lowest BCUT2D eigenvalue weighted by atomic mass is 9.82. The molecule has 0 aromatic rings. The van der Waals surface area contributed by atoms with Gasteiger partial charge in [0.2, 0.25) is 0 Å². The highest BCUT2D eigenvalue weighted by Gasteiger charge is 2.39. The van der Waals surface area contributed by atoms with Crippen molar-refractivity contribution in [1.82, 2.24) is 0 Å². The van der Waals surface area contributed by atoms with Crippen LogP contribution in [0, 0.1) is 5.92 Å². The van der Waals surface area contributed by atoms with Crippen LogP contribution >= 0.6 is 0 Å². The van der Waals surface area contributed by atoms with E-state index in [4.69, 9.17) is 4.74 Å². The average molecular weight is 357 g/mol. The maximum absolute atomic E-state index is 12.7. The highest BCUT2D eigenvalue weighted by atomic mass is 28.1. The molecule has 0 rings (SSSR count). The second-order valence-corrected chi connectivity index (χ2v) is 9.41. The number of rotatable bonds is 16. The van der Waals surface area contributed by atoms with Crippen LogP contribution in [0.15, 0.2) is 0 Å². The second kappa shape index (κ2) is 15.0. The molecule has 2 nitrogen and oxygen atoms in total. The molecular formula is C21H44O2Si. The van der Waals surface area contributed by atoms with Crippen LogP contribution < -0.4 is 0 Å². The fourth-order valence-corrected chi connectivity index (χ4v) is 4.44.